The SMILES string of the molecule is CC1(C(Cc2ccn(C3CCCC3)n2)NN)CCCCO1. The van der Waals surface area contributed by atoms with Crippen molar-refractivity contribution in [3.05, 3.63) is 18.0 Å². The highest BCUT2D eigenvalue weighted by molar-refractivity contribution is 5.06. The molecule has 2 atom stereocenters. The molecule has 3 N–H and O–H groups in total. The predicted molar refractivity (Wildman–Crippen MR) is 82.8 cm³/mol. The molecular weight excluding hydrogens is 264 g/mol. The van der Waals surface area contributed by atoms with Crippen LogP contribution in [0.4, 0.5) is 0 Å². The molecule has 5 heteroatoms. The molecule has 1 aliphatic carbocycles. The van der Waals surface area contributed by atoms with Crippen LogP contribution in [0.3, 0.4) is 0 Å². The number of hydrogen-bond donors (Lipinski definition) is 2. The average Bonchev–Trinajstić information content (AvgIpc) is 3.16. The van der Waals surface area contributed by atoms with Crippen molar-refractivity contribution >= 4 is 0 Å². The van der Waals surface area contributed by atoms with Crippen LogP contribution in [-0.4, -0.2) is 28.0 Å². The van der Waals surface area contributed by atoms with Gasteiger partial charge in [-0.15, -0.1) is 0 Å². The van der Waals surface area contributed by atoms with Gasteiger partial charge < -0.3 is 4.74 Å². The van der Waals surface area contributed by atoms with Crippen LogP contribution >= 0.6 is 0 Å². The third kappa shape index (κ3) is 3.30. The van der Waals surface area contributed by atoms with Crippen LogP contribution in [0, 0.1) is 0 Å². The third-order valence-corrected chi connectivity index (χ3v) is 5.21. The number of hydrogen-bond acceptors (Lipinski definition) is 4. The number of nitrogens with two attached hydrogens (primary N) is 1. The Morgan fingerprint density at radius 3 is 2.90 bits per heavy atom. The first kappa shape index (κ1) is 15.0. The predicted octanol–water partition coefficient (Wildman–Crippen LogP) is 2.33. The second kappa shape index (κ2) is 6.46. The first-order chi connectivity index (χ1) is 10.2. The number of nitrogens with zero attached hydrogens (tertiary/aromatic N) is 2. The highest BCUT2D eigenvalue weighted by atomic mass is 16.5. The Morgan fingerprint density at radius 1 is 1.43 bits per heavy atom. The summed E-state index contributed by atoms with van der Waals surface area (Å²) in [5.41, 5.74) is 3.90. The molecule has 21 heavy (non-hydrogen) atoms. The van der Waals surface area contributed by atoms with Gasteiger partial charge in [-0.2, -0.15) is 5.10 Å². The number of nitrogens with one attached hydrogen (secondary N) is 1. The Bertz CT molecular complexity index is 447. The van der Waals surface area contributed by atoms with Crippen LogP contribution in [0.25, 0.3) is 0 Å². The fourth-order valence-electron chi connectivity index (χ4n) is 3.75. The Hall–Kier alpha value is -0.910. The number of aromatic nitrogens is 2. The van der Waals surface area contributed by atoms with Gasteiger partial charge in [0.15, 0.2) is 0 Å². The topological polar surface area (TPSA) is 65.1 Å². The molecule has 2 heterocycles. The van der Waals surface area contributed by atoms with Gasteiger partial charge in [0.25, 0.3) is 0 Å². The number of hydrazine groups is 1. The lowest BCUT2D eigenvalue weighted by Crippen LogP contribution is -2.55. The van der Waals surface area contributed by atoms with Crippen molar-refractivity contribution in [1.82, 2.24) is 15.2 Å². The maximum atomic E-state index is 6.02. The normalized spacial score (nSPS) is 28.9. The van der Waals surface area contributed by atoms with E-state index in [1.54, 1.807) is 0 Å². The lowest BCUT2D eigenvalue weighted by atomic mass is 9.86. The van der Waals surface area contributed by atoms with Gasteiger partial charge >= 0.3 is 0 Å². The van der Waals surface area contributed by atoms with E-state index < -0.39 is 0 Å². The van der Waals surface area contributed by atoms with E-state index in [4.69, 9.17) is 15.7 Å². The van der Waals surface area contributed by atoms with Crippen molar-refractivity contribution in [2.45, 2.75) is 76.0 Å². The molecule has 5 nitrogen and oxygen atoms in total. The summed E-state index contributed by atoms with van der Waals surface area (Å²) in [5.74, 6) is 5.80. The van der Waals surface area contributed by atoms with Crippen molar-refractivity contribution in [2.24, 2.45) is 5.84 Å². The summed E-state index contributed by atoms with van der Waals surface area (Å²) >= 11 is 0. The summed E-state index contributed by atoms with van der Waals surface area (Å²) in [6.07, 6.45) is 11.6. The molecule has 1 aromatic rings. The molecule has 2 unspecified atom stereocenters. The average molecular weight is 292 g/mol. The summed E-state index contributed by atoms with van der Waals surface area (Å²) in [6.45, 7) is 3.01. The highest BCUT2D eigenvalue weighted by Gasteiger charge is 2.36. The maximum absolute atomic E-state index is 6.02. The van der Waals surface area contributed by atoms with E-state index in [-0.39, 0.29) is 11.6 Å². The fourth-order valence-corrected chi connectivity index (χ4v) is 3.75. The first-order valence-electron chi connectivity index (χ1n) is 8.35. The van der Waals surface area contributed by atoms with Crippen molar-refractivity contribution in [3.63, 3.8) is 0 Å². The molecular formula is C16H28N4O. The second-order valence-corrected chi connectivity index (χ2v) is 6.77. The van der Waals surface area contributed by atoms with E-state index in [9.17, 15) is 0 Å². The van der Waals surface area contributed by atoms with Gasteiger partial charge in [-0.1, -0.05) is 12.8 Å². The third-order valence-electron chi connectivity index (χ3n) is 5.21. The van der Waals surface area contributed by atoms with Gasteiger partial charge in [-0.05, 0) is 45.1 Å². The van der Waals surface area contributed by atoms with Crippen LogP contribution in [0.15, 0.2) is 12.3 Å². The quantitative estimate of drug-likeness (QED) is 0.646. The zero-order valence-electron chi connectivity index (χ0n) is 13.1. The summed E-state index contributed by atoms with van der Waals surface area (Å²) in [4.78, 5) is 0. The van der Waals surface area contributed by atoms with E-state index in [1.165, 1.54) is 32.1 Å². The number of rotatable bonds is 5. The second-order valence-electron chi connectivity index (χ2n) is 6.77. The van der Waals surface area contributed by atoms with Crippen molar-refractivity contribution in [3.8, 4) is 0 Å². The van der Waals surface area contributed by atoms with Crippen LogP contribution in [-0.2, 0) is 11.2 Å². The monoisotopic (exact) mass is 292 g/mol. The lowest BCUT2D eigenvalue weighted by molar-refractivity contribution is -0.0886. The summed E-state index contributed by atoms with van der Waals surface area (Å²) in [6, 6.07) is 2.85. The lowest BCUT2D eigenvalue weighted by Gasteiger charge is -2.40. The molecule has 0 bridgehead atoms. The zero-order chi connectivity index (χ0) is 14.7. The van der Waals surface area contributed by atoms with Crippen molar-refractivity contribution in [2.75, 3.05) is 6.61 Å². The van der Waals surface area contributed by atoms with Gasteiger partial charge in [-0.3, -0.25) is 16.0 Å². The van der Waals surface area contributed by atoms with E-state index in [1.807, 2.05) is 0 Å². The maximum Gasteiger partial charge on any atom is 0.0824 e. The Morgan fingerprint density at radius 2 is 2.24 bits per heavy atom. The smallest absolute Gasteiger partial charge is 0.0824 e. The van der Waals surface area contributed by atoms with Gasteiger partial charge in [0.2, 0.25) is 0 Å². The van der Waals surface area contributed by atoms with Crippen LogP contribution in [0.5, 0.6) is 0 Å². The van der Waals surface area contributed by atoms with Crippen molar-refractivity contribution in [1.29, 1.82) is 0 Å². The number of ether oxygens (including phenoxy) is 1. The van der Waals surface area contributed by atoms with Gasteiger partial charge in [-0.25, -0.2) is 0 Å². The fraction of sp³-hybridized carbons (Fsp3) is 0.812. The van der Waals surface area contributed by atoms with Crippen molar-refractivity contribution < 1.29 is 4.74 Å². The first-order valence-corrected chi connectivity index (χ1v) is 8.35. The van der Waals surface area contributed by atoms with E-state index >= 15 is 0 Å². The Labute approximate surface area is 127 Å². The molecule has 2 aliphatic rings. The van der Waals surface area contributed by atoms with Crippen LogP contribution < -0.4 is 11.3 Å². The minimum absolute atomic E-state index is 0.115. The standard InChI is InChI=1S/C16H28N4O/c1-16(9-4-5-11-21-16)15(18-17)12-13-8-10-20(19-13)14-6-2-3-7-14/h8,10,14-15,18H,2-7,9,11-12,17H2,1H3. The van der Waals surface area contributed by atoms with E-state index in [0.29, 0.717) is 6.04 Å². The summed E-state index contributed by atoms with van der Waals surface area (Å²) in [7, 11) is 0. The van der Waals surface area contributed by atoms with E-state index in [2.05, 4.69) is 29.3 Å². The molecule has 0 aromatic carbocycles. The Balaban J connectivity index is 1.66. The zero-order valence-corrected chi connectivity index (χ0v) is 13.1. The summed E-state index contributed by atoms with van der Waals surface area (Å²) in [5, 5.41) is 4.77. The molecule has 2 fully saturated rings. The Kier molecular flexibility index (Phi) is 4.62. The van der Waals surface area contributed by atoms with Crippen LogP contribution in [0.2, 0.25) is 0 Å². The molecule has 1 saturated carbocycles. The van der Waals surface area contributed by atoms with Crippen LogP contribution in [0.1, 0.15) is 63.6 Å². The molecule has 0 spiro atoms. The molecule has 3 rings (SSSR count). The molecule has 0 amide bonds. The van der Waals surface area contributed by atoms with E-state index in [0.717, 1.165) is 31.6 Å². The largest absolute Gasteiger partial charge is 0.374 e. The molecule has 118 valence electrons. The molecule has 1 aromatic heterocycles. The molecule has 0 radical (unpaired) electrons. The molecule has 1 aliphatic heterocycles. The molecule has 1 saturated heterocycles. The minimum Gasteiger partial charge on any atom is -0.374 e. The van der Waals surface area contributed by atoms with Gasteiger partial charge in [0, 0.05) is 19.2 Å². The highest BCUT2D eigenvalue weighted by Crippen LogP contribution is 2.31. The van der Waals surface area contributed by atoms with Gasteiger partial charge in [0.05, 0.1) is 23.4 Å². The van der Waals surface area contributed by atoms with Gasteiger partial charge in [0.1, 0.15) is 0 Å². The minimum atomic E-state index is -0.176. The summed E-state index contributed by atoms with van der Waals surface area (Å²) < 4.78 is 8.17.